The van der Waals surface area contributed by atoms with E-state index in [0.29, 0.717) is 11.7 Å². The van der Waals surface area contributed by atoms with Gasteiger partial charge in [-0.05, 0) is 45.1 Å². The van der Waals surface area contributed by atoms with Gasteiger partial charge in [-0.1, -0.05) is 15.9 Å². The second-order valence-electron chi connectivity index (χ2n) is 5.04. The minimum atomic E-state index is -0.314. The molecule has 1 fully saturated rings. The van der Waals surface area contributed by atoms with Gasteiger partial charge in [0.15, 0.2) is 0 Å². The maximum atomic E-state index is 11.2. The van der Waals surface area contributed by atoms with Crippen molar-refractivity contribution in [3.8, 4) is 0 Å². The van der Waals surface area contributed by atoms with Gasteiger partial charge in [0.05, 0.1) is 4.92 Å². The maximum Gasteiger partial charge on any atom is 0.293 e. The fourth-order valence-electron chi connectivity index (χ4n) is 2.52. The zero-order chi connectivity index (χ0) is 14.0. The number of nitro benzene ring substituents is 1. The van der Waals surface area contributed by atoms with Gasteiger partial charge in [0.1, 0.15) is 5.69 Å². The van der Waals surface area contributed by atoms with Crippen molar-refractivity contribution in [1.29, 1.82) is 0 Å². The molecule has 0 N–H and O–H groups in total. The van der Waals surface area contributed by atoms with Crippen LogP contribution in [0.3, 0.4) is 0 Å². The summed E-state index contributed by atoms with van der Waals surface area (Å²) in [6, 6.07) is 5.62. The third kappa shape index (κ3) is 3.25. The molecule has 1 aliphatic heterocycles. The third-order valence-electron chi connectivity index (χ3n) is 3.75. The summed E-state index contributed by atoms with van der Waals surface area (Å²) in [6.45, 7) is 2.08. The molecule has 1 saturated heterocycles. The van der Waals surface area contributed by atoms with Gasteiger partial charge in [-0.15, -0.1) is 0 Å². The summed E-state index contributed by atoms with van der Waals surface area (Å²) in [6.07, 6.45) is 2.08. The zero-order valence-electron chi connectivity index (χ0n) is 11.2. The second kappa shape index (κ2) is 5.88. The third-order valence-corrected chi connectivity index (χ3v) is 4.24. The molecule has 104 valence electrons. The van der Waals surface area contributed by atoms with E-state index >= 15 is 0 Å². The van der Waals surface area contributed by atoms with Crippen LogP contribution in [0.15, 0.2) is 22.7 Å². The van der Waals surface area contributed by atoms with Crippen LogP contribution in [0, 0.1) is 10.1 Å². The topological polar surface area (TPSA) is 49.6 Å². The maximum absolute atomic E-state index is 11.2. The lowest BCUT2D eigenvalue weighted by Gasteiger charge is -2.36. The van der Waals surface area contributed by atoms with Gasteiger partial charge in [0.2, 0.25) is 0 Å². The SMILES string of the molecule is CN1CCC(N(C)c2ccc(Br)cc2[N+](=O)[O-])CC1. The Labute approximate surface area is 121 Å². The van der Waals surface area contributed by atoms with Crippen LogP contribution in [0.2, 0.25) is 0 Å². The van der Waals surface area contributed by atoms with Crippen molar-refractivity contribution in [2.45, 2.75) is 18.9 Å². The van der Waals surface area contributed by atoms with Crippen molar-refractivity contribution in [3.05, 3.63) is 32.8 Å². The molecule has 0 saturated carbocycles. The first-order valence-electron chi connectivity index (χ1n) is 6.34. The van der Waals surface area contributed by atoms with Gasteiger partial charge in [0.25, 0.3) is 5.69 Å². The molecular formula is C13H18BrN3O2. The first-order chi connectivity index (χ1) is 8.99. The predicted molar refractivity (Wildman–Crippen MR) is 79.7 cm³/mol. The molecule has 19 heavy (non-hydrogen) atoms. The van der Waals surface area contributed by atoms with E-state index in [1.54, 1.807) is 6.07 Å². The molecule has 1 aromatic rings. The lowest BCUT2D eigenvalue weighted by Crippen LogP contribution is -2.42. The Morgan fingerprint density at radius 3 is 2.63 bits per heavy atom. The van der Waals surface area contributed by atoms with Gasteiger partial charge in [-0.2, -0.15) is 0 Å². The molecule has 0 aliphatic carbocycles. The molecule has 1 aliphatic rings. The van der Waals surface area contributed by atoms with Gasteiger partial charge in [0, 0.05) is 23.6 Å². The number of likely N-dealkylation sites (tertiary alicyclic amines) is 1. The summed E-state index contributed by atoms with van der Waals surface area (Å²) in [5, 5.41) is 11.2. The Bertz CT molecular complexity index is 473. The molecule has 2 rings (SSSR count). The molecule has 5 nitrogen and oxygen atoms in total. The Hall–Kier alpha value is -1.14. The molecule has 0 spiro atoms. The number of nitro groups is 1. The van der Waals surface area contributed by atoms with Crippen LogP contribution >= 0.6 is 15.9 Å². The van der Waals surface area contributed by atoms with Crippen LogP contribution in [0.25, 0.3) is 0 Å². The van der Waals surface area contributed by atoms with Crippen molar-refractivity contribution in [3.63, 3.8) is 0 Å². The molecule has 0 bridgehead atoms. The molecule has 0 atom stereocenters. The summed E-state index contributed by atoms with van der Waals surface area (Å²) >= 11 is 3.29. The quantitative estimate of drug-likeness (QED) is 0.632. The highest BCUT2D eigenvalue weighted by atomic mass is 79.9. The number of hydrogen-bond donors (Lipinski definition) is 0. The minimum absolute atomic E-state index is 0.163. The number of hydrogen-bond acceptors (Lipinski definition) is 4. The second-order valence-corrected chi connectivity index (χ2v) is 5.95. The van der Waals surface area contributed by atoms with Crippen molar-refractivity contribution < 1.29 is 4.92 Å². The first-order valence-corrected chi connectivity index (χ1v) is 7.13. The molecule has 0 unspecified atom stereocenters. The Morgan fingerprint density at radius 1 is 1.42 bits per heavy atom. The van der Waals surface area contributed by atoms with Crippen molar-refractivity contribution in [2.24, 2.45) is 0 Å². The Morgan fingerprint density at radius 2 is 2.05 bits per heavy atom. The molecular weight excluding hydrogens is 310 g/mol. The fraction of sp³-hybridized carbons (Fsp3) is 0.538. The summed E-state index contributed by atoms with van der Waals surface area (Å²) in [7, 11) is 4.06. The van der Waals surface area contributed by atoms with E-state index in [-0.39, 0.29) is 10.6 Å². The number of anilines is 1. The molecule has 0 amide bonds. The Balaban J connectivity index is 2.23. The highest BCUT2D eigenvalue weighted by molar-refractivity contribution is 9.10. The molecule has 1 aromatic carbocycles. The van der Waals surface area contributed by atoms with Gasteiger partial charge >= 0.3 is 0 Å². The average molecular weight is 328 g/mol. The van der Waals surface area contributed by atoms with Crippen LogP contribution in [0.1, 0.15) is 12.8 Å². The van der Waals surface area contributed by atoms with E-state index in [4.69, 9.17) is 0 Å². The van der Waals surface area contributed by atoms with Crippen LogP contribution in [-0.2, 0) is 0 Å². The average Bonchev–Trinajstić information content (AvgIpc) is 2.38. The monoisotopic (exact) mass is 327 g/mol. The summed E-state index contributed by atoms with van der Waals surface area (Å²) in [5.74, 6) is 0. The van der Waals surface area contributed by atoms with Crippen molar-refractivity contribution in [1.82, 2.24) is 4.90 Å². The van der Waals surface area contributed by atoms with E-state index in [2.05, 4.69) is 32.8 Å². The van der Waals surface area contributed by atoms with E-state index in [1.807, 2.05) is 19.2 Å². The van der Waals surface area contributed by atoms with Gasteiger partial charge < -0.3 is 9.80 Å². The highest BCUT2D eigenvalue weighted by Crippen LogP contribution is 2.33. The molecule has 0 aromatic heterocycles. The number of halogens is 1. The molecule has 1 heterocycles. The van der Waals surface area contributed by atoms with Gasteiger partial charge in [-0.25, -0.2) is 0 Å². The van der Waals surface area contributed by atoms with Crippen LogP contribution in [-0.4, -0.2) is 43.0 Å². The summed E-state index contributed by atoms with van der Waals surface area (Å²) < 4.78 is 0.736. The van der Waals surface area contributed by atoms with E-state index in [9.17, 15) is 10.1 Å². The standard InChI is InChI=1S/C13H18BrN3O2/c1-15-7-5-11(6-8-15)16(2)12-4-3-10(14)9-13(12)17(18)19/h3-4,9,11H,5-8H2,1-2H3. The normalized spacial score (nSPS) is 17.4. The number of nitrogens with zero attached hydrogens (tertiary/aromatic N) is 3. The largest absolute Gasteiger partial charge is 0.366 e. The smallest absolute Gasteiger partial charge is 0.293 e. The minimum Gasteiger partial charge on any atom is -0.366 e. The zero-order valence-corrected chi connectivity index (χ0v) is 12.8. The Kier molecular flexibility index (Phi) is 4.42. The van der Waals surface area contributed by atoms with E-state index in [0.717, 1.165) is 30.4 Å². The van der Waals surface area contributed by atoms with Crippen molar-refractivity contribution >= 4 is 27.3 Å². The van der Waals surface area contributed by atoms with E-state index < -0.39 is 0 Å². The predicted octanol–water partition coefficient (Wildman–Crippen LogP) is 2.89. The highest BCUT2D eigenvalue weighted by Gasteiger charge is 2.25. The summed E-state index contributed by atoms with van der Waals surface area (Å²) in [4.78, 5) is 15.2. The van der Waals surface area contributed by atoms with Gasteiger partial charge in [-0.3, -0.25) is 10.1 Å². The summed E-state index contributed by atoms with van der Waals surface area (Å²) in [5.41, 5.74) is 0.860. The van der Waals surface area contributed by atoms with Crippen LogP contribution in [0.4, 0.5) is 11.4 Å². The number of piperidine rings is 1. The lowest BCUT2D eigenvalue weighted by molar-refractivity contribution is -0.384. The van der Waals surface area contributed by atoms with Crippen LogP contribution in [0.5, 0.6) is 0 Å². The van der Waals surface area contributed by atoms with Crippen molar-refractivity contribution in [2.75, 3.05) is 32.1 Å². The first kappa shape index (κ1) is 14.3. The van der Waals surface area contributed by atoms with E-state index in [1.165, 1.54) is 0 Å². The number of benzene rings is 1. The molecule has 6 heteroatoms. The van der Waals surface area contributed by atoms with Crippen LogP contribution < -0.4 is 4.90 Å². The fourth-order valence-corrected chi connectivity index (χ4v) is 2.87. The number of rotatable bonds is 3. The molecule has 0 radical (unpaired) electrons. The lowest BCUT2D eigenvalue weighted by atomic mass is 10.0.